The molecule has 0 aromatic carbocycles. The van der Waals surface area contributed by atoms with E-state index in [9.17, 15) is 0 Å². The van der Waals surface area contributed by atoms with Gasteiger partial charge in [0.05, 0.1) is 0 Å². The molecule has 1 unspecified atom stereocenters. The molecule has 1 aliphatic rings. The SMILES string of the molecule is CCCCCCCCC(CC1CCCC1)NN. The number of rotatable bonds is 10. The third-order valence-corrected chi connectivity index (χ3v) is 4.23. The van der Waals surface area contributed by atoms with Crippen molar-refractivity contribution in [2.45, 2.75) is 90.0 Å². The van der Waals surface area contributed by atoms with Crippen LogP contribution in [0.25, 0.3) is 0 Å². The predicted octanol–water partition coefficient (Wildman–Crippen LogP) is 4.15. The highest BCUT2D eigenvalue weighted by Crippen LogP contribution is 2.29. The average molecular weight is 240 g/mol. The van der Waals surface area contributed by atoms with Crippen molar-refractivity contribution in [3.63, 3.8) is 0 Å². The van der Waals surface area contributed by atoms with Crippen LogP contribution in [-0.2, 0) is 0 Å². The van der Waals surface area contributed by atoms with Crippen molar-refractivity contribution < 1.29 is 0 Å². The first kappa shape index (κ1) is 15.0. The third-order valence-electron chi connectivity index (χ3n) is 4.23. The Morgan fingerprint density at radius 2 is 1.71 bits per heavy atom. The summed E-state index contributed by atoms with van der Waals surface area (Å²) in [5.41, 5.74) is 3.03. The summed E-state index contributed by atoms with van der Waals surface area (Å²) in [6, 6.07) is 0.573. The van der Waals surface area contributed by atoms with Gasteiger partial charge in [-0.05, 0) is 18.8 Å². The predicted molar refractivity (Wildman–Crippen MR) is 75.7 cm³/mol. The molecular weight excluding hydrogens is 208 g/mol. The highest BCUT2D eigenvalue weighted by Gasteiger charge is 2.18. The number of unbranched alkanes of at least 4 members (excludes halogenated alkanes) is 5. The first-order valence-corrected chi connectivity index (χ1v) is 7.83. The minimum Gasteiger partial charge on any atom is -0.271 e. The standard InChI is InChI=1S/C15H32N2/c1-2-3-4-5-6-7-12-15(17-16)13-14-10-8-9-11-14/h14-15,17H,2-13,16H2,1H3. The van der Waals surface area contributed by atoms with E-state index in [0.717, 1.165) is 5.92 Å². The smallest absolute Gasteiger partial charge is 0.0213 e. The van der Waals surface area contributed by atoms with Gasteiger partial charge < -0.3 is 0 Å². The maximum absolute atomic E-state index is 5.66. The molecule has 1 fully saturated rings. The van der Waals surface area contributed by atoms with Gasteiger partial charge in [-0.3, -0.25) is 11.3 Å². The largest absolute Gasteiger partial charge is 0.271 e. The van der Waals surface area contributed by atoms with Gasteiger partial charge in [-0.2, -0.15) is 0 Å². The fourth-order valence-electron chi connectivity index (χ4n) is 3.09. The van der Waals surface area contributed by atoms with E-state index >= 15 is 0 Å². The summed E-state index contributed by atoms with van der Waals surface area (Å²) in [6.07, 6.45) is 16.7. The van der Waals surface area contributed by atoms with Crippen LogP contribution in [0.2, 0.25) is 0 Å². The maximum Gasteiger partial charge on any atom is 0.0213 e. The van der Waals surface area contributed by atoms with Gasteiger partial charge in [0, 0.05) is 6.04 Å². The van der Waals surface area contributed by atoms with Crippen molar-refractivity contribution in [2.75, 3.05) is 0 Å². The van der Waals surface area contributed by atoms with Crippen molar-refractivity contribution in [1.29, 1.82) is 0 Å². The summed E-state index contributed by atoms with van der Waals surface area (Å²) in [4.78, 5) is 0. The summed E-state index contributed by atoms with van der Waals surface area (Å²) in [7, 11) is 0. The Morgan fingerprint density at radius 1 is 1.06 bits per heavy atom. The average Bonchev–Trinajstić information content (AvgIpc) is 2.85. The molecule has 0 heterocycles. The fraction of sp³-hybridized carbons (Fsp3) is 1.00. The first-order valence-electron chi connectivity index (χ1n) is 7.83. The van der Waals surface area contributed by atoms with E-state index < -0.39 is 0 Å². The molecule has 1 saturated carbocycles. The van der Waals surface area contributed by atoms with E-state index in [1.807, 2.05) is 0 Å². The molecule has 3 N–H and O–H groups in total. The Kier molecular flexibility index (Phi) is 8.72. The zero-order valence-electron chi connectivity index (χ0n) is 11.7. The van der Waals surface area contributed by atoms with Crippen LogP contribution in [0.4, 0.5) is 0 Å². The Morgan fingerprint density at radius 3 is 2.35 bits per heavy atom. The van der Waals surface area contributed by atoms with Crippen LogP contribution in [0.3, 0.4) is 0 Å². The van der Waals surface area contributed by atoms with Crippen LogP contribution >= 0.6 is 0 Å². The molecule has 102 valence electrons. The van der Waals surface area contributed by atoms with E-state index in [-0.39, 0.29) is 0 Å². The lowest BCUT2D eigenvalue weighted by Gasteiger charge is -2.19. The van der Waals surface area contributed by atoms with Gasteiger partial charge in [-0.25, -0.2) is 0 Å². The van der Waals surface area contributed by atoms with Crippen molar-refractivity contribution >= 4 is 0 Å². The molecule has 1 atom stereocenters. The molecule has 0 aromatic rings. The molecule has 0 aliphatic heterocycles. The van der Waals surface area contributed by atoms with Crippen LogP contribution in [0.5, 0.6) is 0 Å². The van der Waals surface area contributed by atoms with E-state index in [1.165, 1.54) is 77.0 Å². The number of hydrogen-bond acceptors (Lipinski definition) is 2. The molecule has 0 radical (unpaired) electrons. The second-order valence-corrected chi connectivity index (χ2v) is 5.81. The van der Waals surface area contributed by atoms with Gasteiger partial charge in [0.2, 0.25) is 0 Å². The number of hydrogen-bond donors (Lipinski definition) is 2. The number of hydrazine groups is 1. The molecule has 2 nitrogen and oxygen atoms in total. The van der Waals surface area contributed by atoms with Crippen LogP contribution in [0, 0.1) is 5.92 Å². The number of nitrogens with one attached hydrogen (secondary N) is 1. The van der Waals surface area contributed by atoms with Gasteiger partial charge in [-0.1, -0.05) is 71.1 Å². The second kappa shape index (κ2) is 9.90. The summed E-state index contributed by atoms with van der Waals surface area (Å²) in [5.74, 6) is 6.62. The molecule has 0 spiro atoms. The summed E-state index contributed by atoms with van der Waals surface area (Å²) >= 11 is 0. The highest BCUT2D eigenvalue weighted by molar-refractivity contribution is 4.74. The van der Waals surface area contributed by atoms with Crippen LogP contribution in [0.15, 0.2) is 0 Å². The van der Waals surface area contributed by atoms with Crippen molar-refractivity contribution in [3.8, 4) is 0 Å². The minimum atomic E-state index is 0.573. The summed E-state index contributed by atoms with van der Waals surface area (Å²) < 4.78 is 0. The number of nitrogens with two attached hydrogens (primary N) is 1. The Hall–Kier alpha value is -0.0800. The van der Waals surface area contributed by atoms with Crippen LogP contribution < -0.4 is 11.3 Å². The van der Waals surface area contributed by atoms with Gasteiger partial charge >= 0.3 is 0 Å². The van der Waals surface area contributed by atoms with Gasteiger partial charge in [0.15, 0.2) is 0 Å². The third kappa shape index (κ3) is 7.05. The van der Waals surface area contributed by atoms with Crippen molar-refractivity contribution in [3.05, 3.63) is 0 Å². The molecule has 17 heavy (non-hydrogen) atoms. The Bertz CT molecular complexity index is 164. The Labute approximate surface area is 108 Å². The molecule has 0 bridgehead atoms. The van der Waals surface area contributed by atoms with Crippen LogP contribution in [-0.4, -0.2) is 6.04 Å². The van der Waals surface area contributed by atoms with E-state index in [1.54, 1.807) is 0 Å². The minimum absolute atomic E-state index is 0.573. The van der Waals surface area contributed by atoms with Gasteiger partial charge in [0.1, 0.15) is 0 Å². The molecule has 0 aromatic heterocycles. The van der Waals surface area contributed by atoms with E-state index in [4.69, 9.17) is 5.84 Å². The monoisotopic (exact) mass is 240 g/mol. The molecular formula is C15H32N2. The molecule has 0 amide bonds. The lowest BCUT2D eigenvalue weighted by molar-refractivity contribution is 0.364. The van der Waals surface area contributed by atoms with E-state index in [2.05, 4.69) is 12.3 Å². The molecule has 1 aliphatic carbocycles. The fourth-order valence-corrected chi connectivity index (χ4v) is 3.09. The lowest BCUT2D eigenvalue weighted by atomic mass is 9.95. The molecule has 2 heteroatoms. The lowest BCUT2D eigenvalue weighted by Crippen LogP contribution is -2.36. The van der Waals surface area contributed by atoms with Crippen LogP contribution in [0.1, 0.15) is 84.0 Å². The second-order valence-electron chi connectivity index (χ2n) is 5.81. The molecule has 1 rings (SSSR count). The normalized spacial score (nSPS) is 18.7. The topological polar surface area (TPSA) is 38.0 Å². The quantitative estimate of drug-likeness (QED) is 0.342. The van der Waals surface area contributed by atoms with Gasteiger partial charge in [-0.15, -0.1) is 0 Å². The maximum atomic E-state index is 5.66. The first-order chi connectivity index (χ1) is 8.36. The van der Waals surface area contributed by atoms with Crippen molar-refractivity contribution in [1.82, 2.24) is 5.43 Å². The van der Waals surface area contributed by atoms with E-state index in [0.29, 0.717) is 6.04 Å². The highest BCUT2D eigenvalue weighted by atomic mass is 15.2. The zero-order valence-corrected chi connectivity index (χ0v) is 11.7. The molecule has 0 saturated heterocycles. The van der Waals surface area contributed by atoms with Crippen molar-refractivity contribution in [2.24, 2.45) is 11.8 Å². The summed E-state index contributed by atoms with van der Waals surface area (Å²) in [6.45, 7) is 2.27. The van der Waals surface area contributed by atoms with Gasteiger partial charge in [0.25, 0.3) is 0 Å². The Balaban J connectivity index is 1.97. The summed E-state index contributed by atoms with van der Waals surface area (Å²) in [5, 5.41) is 0. The zero-order chi connectivity index (χ0) is 12.3.